The highest BCUT2D eigenvalue weighted by atomic mass is 79.9. The molecular formula is C16H15BrClNO3. The number of carboxylic acids is 1. The third-order valence-corrected chi connectivity index (χ3v) is 4.12. The van der Waals surface area contributed by atoms with E-state index in [9.17, 15) is 9.59 Å². The Morgan fingerprint density at radius 3 is 2.45 bits per heavy atom. The monoisotopic (exact) mass is 383 g/mol. The standard InChI is InChI=1S/C16H15BrClNO3/c1-2-7-19-13(9-15(20)21)12(18)8-14(19)16(22)10-3-5-11(17)6-4-10/h3-6,8H,2,7,9H2,1H3,(H,20,21). The maximum absolute atomic E-state index is 12.7. The van der Waals surface area contributed by atoms with Crippen LogP contribution in [0.4, 0.5) is 0 Å². The quantitative estimate of drug-likeness (QED) is 0.760. The first-order valence-electron chi connectivity index (χ1n) is 6.84. The second-order valence-electron chi connectivity index (χ2n) is 4.88. The van der Waals surface area contributed by atoms with E-state index in [0.29, 0.717) is 28.5 Å². The van der Waals surface area contributed by atoms with Crippen LogP contribution in [-0.2, 0) is 17.8 Å². The number of benzene rings is 1. The van der Waals surface area contributed by atoms with Crippen molar-refractivity contribution in [2.75, 3.05) is 0 Å². The van der Waals surface area contributed by atoms with E-state index in [1.807, 2.05) is 6.92 Å². The van der Waals surface area contributed by atoms with Crippen LogP contribution in [0.25, 0.3) is 0 Å². The van der Waals surface area contributed by atoms with Crippen LogP contribution in [0.2, 0.25) is 5.02 Å². The van der Waals surface area contributed by atoms with Crippen LogP contribution >= 0.6 is 27.5 Å². The predicted molar refractivity (Wildman–Crippen MR) is 88.6 cm³/mol. The zero-order valence-corrected chi connectivity index (χ0v) is 14.3. The lowest BCUT2D eigenvalue weighted by Crippen LogP contribution is -2.14. The molecule has 1 N–H and O–H groups in total. The average molecular weight is 385 g/mol. The van der Waals surface area contributed by atoms with E-state index >= 15 is 0 Å². The number of aromatic nitrogens is 1. The lowest BCUT2D eigenvalue weighted by atomic mass is 10.1. The van der Waals surface area contributed by atoms with Crippen molar-refractivity contribution in [3.63, 3.8) is 0 Å². The number of rotatable bonds is 6. The molecule has 2 rings (SSSR count). The predicted octanol–water partition coefficient (Wildman–Crippen LogP) is 4.17. The molecule has 0 saturated heterocycles. The van der Waals surface area contributed by atoms with Crippen molar-refractivity contribution in [2.24, 2.45) is 0 Å². The van der Waals surface area contributed by atoms with Crippen molar-refractivity contribution in [2.45, 2.75) is 26.3 Å². The molecule has 0 bridgehead atoms. The van der Waals surface area contributed by atoms with Crippen LogP contribution in [0, 0.1) is 0 Å². The fourth-order valence-electron chi connectivity index (χ4n) is 2.29. The molecule has 0 spiro atoms. The Hall–Kier alpha value is -1.59. The minimum Gasteiger partial charge on any atom is -0.481 e. The van der Waals surface area contributed by atoms with Gasteiger partial charge in [-0.3, -0.25) is 9.59 Å². The minimum absolute atomic E-state index is 0.167. The Kier molecular flexibility index (Phi) is 5.42. The second kappa shape index (κ2) is 7.11. The summed E-state index contributed by atoms with van der Waals surface area (Å²) in [4.78, 5) is 23.7. The second-order valence-corrected chi connectivity index (χ2v) is 6.21. The van der Waals surface area contributed by atoms with Crippen LogP contribution in [0.3, 0.4) is 0 Å². The topological polar surface area (TPSA) is 59.3 Å². The van der Waals surface area contributed by atoms with Crippen molar-refractivity contribution < 1.29 is 14.7 Å². The number of halogens is 2. The molecular weight excluding hydrogens is 370 g/mol. The Balaban J connectivity index is 2.47. The van der Waals surface area contributed by atoms with Crippen LogP contribution < -0.4 is 0 Å². The number of hydrogen-bond donors (Lipinski definition) is 1. The van der Waals surface area contributed by atoms with Crippen molar-refractivity contribution in [1.82, 2.24) is 4.57 Å². The van der Waals surface area contributed by atoms with Gasteiger partial charge in [0.05, 0.1) is 17.1 Å². The molecule has 0 aliphatic heterocycles. The molecule has 0 amide bonds. The van der Waals surface area contributed by atoms with E-state index in [2.05, 4.69) is 15.9 Å². The molecule has 6 heteroatoms. The third-order valence-electron chi connectivity index (χ3n) is 3.26. The molecule has 0 aliphatic rings. The van der Waals surface area contributed by atoms with Gasteiger partial charge in [-0.05, 0) is 36.8 Å². The lowest BCUT2D eigenvalue weighted by molar-refractivity contribution is -0.136. The molecule has 0 radical (unpaired) electrons. The zero-order valence-electron chi connectivity index (χ0n) is 12.0. The Bertz CT molecular complexity index is 707. The largest absolute Gasteiger partial charge is 0.481 e. The highest BCUT2D eigenvalue weighted by Gasteiger charge is 2.21. The van der Waals surface area contributed by atoms with Gasteiger partial charge in [0.15, 0.2) is 0 Å². The molecule has 22 heavy (non-hydrogen) atoms. The summed E-state index contributed by atoms with van der Waals surface area (Å²) in [5.74, 6) is -1.14. The summed E-state index contributed by atoms with van der Waals surface area (Å²) in [6.07, 6.45) is 0.574. The maximum atomic E-state index is 12.7. The van der Waals surface area contributed by atoms with Gasteiger partial charge in [-0.25, -0.2) is 0 Å². The molecule has 0 fully saturated rings. The summed E-state index contributed by atoms with van der Waals surface area (Å²) in [6.45, 7) is 2.51. The number of carbonyl (C=O) groups excluding carboxylic acids is 1. The summed E-state index contributed by atoms with van der Waals surface area (Å²) in [5, 5.41) is 9.33. The van der Waals surface area contributed by atoms with Gasteiger partial charge in [0.1, 0.15) is 0 Å². The maximum Gasteiger partial charge on any atom is 0.309 e. The zero-order chi connectivity index (χ0) is 16.3. The molecule has 0 aliphatic carbocycles. The van der Waals surface area contributed by atoms with Crippen molar-refractivity contribution >= 4 is 39.3 Å². The molecule has 116 valence electrons. The van der Waals surface area contributed by atoms with E-state index in [0.717, 1.165) is 10.9 Å². The van der Waals surface area contributed by atoms with Gasteiger partial charge >= 0.3 is 5.97 Å². The Morgan fingerprint density at radius 2 is 1.91 bits per heavy atom. The van der Waals surface area contributed by atoms with Gasteiger partial charge in [-0.1, -0.05) is 34.5 Å². The Morgan fingerprint density at radius 1 is 1.27 bits per heavy atom. The van der Waals surface area contributed by atoms with Gasteiger partial charge < -0.3 is 9.67 Å². The minimum atomic E-state index is -0.972. The molecule has 0 unspecified atom stereocenters. The van der Waals surface area contributed by atoms with Crippen molar-refractivity contribution in [3.8, 4) is 0 Å². The molecule has 1 aromatic heterocycles. The molecule has 2 aromatic rings. The number of nitrogens with zero attached hydrogens (tertiary/aromatic N) is 1. The summed E-state index contributed by atoms with van der Waals surface area (Å²) in [5.41, 5.74) is 1.43. The average Bonchev–Trinajstić information content (AvgIpc) is 2.76. The summed E-state index contributed by atoms with van der Waals surface area (Å²) >= 11 is 9.47. The number of carbonyl (C=O) groups is 2. The van der Waals surface area contributed by atoms with Crippen LogP contribution in [0.1, 0.15) is 35.1 Å². The number of hydrogen-bond acceptors (Lipinski definition) is 2. The van der Waals surface area contributed by atoms with E-state index in [1.165, 1.54) is 0 Å². The first kappa shape index (κ1) is 16.8. The molecule has 4 nitrogen and oxygen atoms in total. The highest BCUT2D eigenvalue weighted by molar-refractivity contribution is 9.10. The fraction of sp³-hybridized carbons (Fsp3) is 0.250. The van der Waals surface area contributed by atoms with Gasteiger partial charge in [-0.15, -0.1) is 0 Å². The molecule has 1 aromatic carbocycles. The first-order valence-corrected chi connectivity index (χ1v) is 8.01. The smallest absolute Gasteiger partial charge is 0.309 e. The van der Waals surface area contributed by atoms with Crippen molar-refractivity contribution in [3.05, 3.63) is 56.8 Å². The fourth-order valence-corrected chi connectivity index (χ4v) is 2.83. The molecule has 0 saturated carbocycles. The van der Waals surface area contributed by atoms with Crippen LogP contribution in [-0.4, -0.2) is 21.4 Å². The van der Waals surface area contributed by atoms with Crippen LogP contribution in [0.15, 0.2) is 34.8 Å². The first-order chi connectivity index (χ1) is 10.4. The SMILES string of the molecule is CCCn1c(C(=O)c2ccc(Br)cc2)cc(Cl)c1CC(=O)O. The summed E-state index contributed by atoms with van der Waals surface area (Å²) in [6, 6.07) is 8.58. The number of aliphatic carboxylic acids is 1. The van der Waals surface area contributed by atoms with Gasteiger partial charge in [0.2, 0.25) is 5.78 Å². The van der Waals surface area contributed by atoms with E-state index < -0.39 is 5.97 Å². The Labute approximate surface area is 141 Å². The van der Waals surface area contributed by atoms with E-state index in [-0.39, 0.29) is 12.2 Å². The molecule has 0 atom stereocenters. The van der Waals surface area contributed by atoms with Gasteiger partial charge in [-0.2, -0.15) is 0 Å². The number of ketones is 1. The van der Waals surface area contributed by atoms with E-state index in [4.69, 9.17) is 16.7 Å². The molecule has 1 heterocycles. The summed E-state index contributed by atoms with van der Waals surface area (Å²) in [7, 11) is 0. The third kappa shape index (κ3) is 3.59. The van der Waals surface area contributed by atoms with Gasteiger partial charge in [0, 0.05) is 22.3 Å². The van der Waals surface area contributed by atoms with Crippen molar-refractivity contribution in [1.29, 1.82) is 0 Å². The lowest BCUT2D eigenvalue weighted by Gasteiger charge is -2.11. The van der Waals surface area contributed by atoms with Gasteiger partial charge in [0.25, 0.3) is 0 Å². The number of carboxylic acid groups (broad SMARTS) is 1. The highest BCUT2D eigenvalue weighted by Crippen LogP contribution is 2.25. The van der Waals surface area contributed by atoms with E-state index in [1.54, 1.807) is 34.9 Å². The normalized spacial score (nSPS) is 10.7. The summed E-state index contributed by atoms with van der Waals surface area (Å²) < 4.78 is 2.60. The van der Waals surface area contributed by atoms with Crippen LogP contribution in [0.5, 0.6) is 0 Å².